The molecule has 0 aliphatic heterocycles. The summed E-state index contributed by atoms with van der Waals surface area (Å²) in [4.78, 5) is 11.2. The van der Waals surface area contributed by atoms with E-state index in [-0.39, 0.29) is 23.2 Å². The van der Waals surface area contributed by atoms with Crippen LogP contribution in [0.1, 0.15) is 159 Å². The van der Waals surface area contributed by atoms with E-state index in [0.717, 1.165) is 50.0 Å². The first kappa shape index (κ1) is 38.1. The molecule has 4 unspecified atom stereocenters. The van der Waals surface area contributed by atoms with Crippen LogP contribution in [0.5, 0.6) is 0 Å². The van der Waals surface area contributed by atoms with Gasteiger partial charge >= 0.3 is 0 Å². The number of fused-ring (bicyclic) bond motifs is 1. The highest BCUT2D eigenvalue weighted by atomic mass is 16.3. The van der Waals surface area contributed by atoms with E-state index in [1.807, 2.05) is 13.8 Å². The number of rotatable bonds is 15. The van der Waals surface area contributed by atoms with Crippen LogP contribution < -0.4 is 5.73 Å². The van der Waals surface area contributed by atoms with E-state index in [2.05, 4.69) is 61.1 Å². The molecule has 0 aromatic rings. The summed E-state index contributed by atoms with van der Waals surface area (Å²) < 4.78 is 0. The van der Waals surface area contributed by atoms with Gasteiger partial charge in [0.1, 0.15) is 0 Å². The Morgan fingerprint density at radius 2 is 1.66 bits per heavy atom. The number of aliphatic hydroxyl groups excluding tert-OH is 1. The minimum Gasteiger partial charge on any atom is -0.393 e. The molecule has 3 N–H and O–H groups in total. The van der Waals surface area contributed by atoms with E-state index >= 15 is 0 Å². The predicted molar refractivity (Wildman–Crippen MR) is 180 cm³/mol. The second-order valence-electron chi connectivity index (χ2n) is 14.4. The molecule has 240 valence electrons. The number of hydrogen-bond acceptors (Lipinski definition) is 3. The molecular weight excluding hydrogens is 502 g/mol. The van der Waals surface area contributed by atoms with Gasteiger partial charge in [-0.05, 0) is 130 Å². The minimum absolute atomic E-state index is 0.0117. The number of Topliss-reactive ketones (excluding diaryl/α,β-unsaturated/α-hetero) is 1. The van der Waals surface area contributed by atoms with Crippen molar-refractivity contribution in [2.24, 2.45) is 45.7 Å². The molecular formula is C38H71NO2. The number of aliphatic hydroxyl groups is 1. The summed E-state index contributed by atoms with van der Waals surface area (Å²) in [6, 6.07) is 0. The molecule has 3 heteroatoms. The average molecular weight is 574 g/mol. The van der Waals surface area contributed by atoms with E-state index in [1.165, 1.54) is 64.2 Å². The van der Waals surface area contributed by atoms with Crippen molar-refractivity contribution in [3.05, 3.63) is 23.8 Å². The fourth-order valence-corrected chi connectivity index (χ4v) is 8.41. The van der Waals surface area contributed by atoms with E-state index < -0.39 is 0 Å². The zero-order valence-corrected chi connectivity index (χ0v) is 29.2. The van der Waals surface area contributed by atoms with Gasteiger partial charge in [0.2, 0.25) is 0 Å². The van der Waals surface area contributed by atoms with Crippen LogP contribution in [-0.2, 0) is 4.79 Å². The van der Waals surface area contributed by atoms with Crippen molar-refractivity contribution < 1.29 is 9.90 Å². The SMILES string of the molecule is C=C(C)C(=O)C(CC)CC.CCC(CC)C(CC)(CC)CN.CCC1(CCCC2=CCC3CC2C3(C)C)CCC1O. The lowest BCUT2D eigenvalue weighted by molar-refractivity contribution is -0.119. The van der Waals surface area contributed by atoms with E-state index in [9.17, 15) is 9.90 Å². The van der Waals surface area contributed by atoms with Gasteiger partial charge in [-0.3, -0.25) is 4.79 Å². The molecule has 4 aliphatic carbocycles. The van der Waals surface area contributed by atoms with Crippen molar-refractivity contribution in [1.82, 2.24) is 0 Å². The largest absolute Gasteiger partial charge is 0.393 e. The molecule has 0 radical (unpaired) electrons. The molecule has 0 amide bonds. The maximum Gasteiger partial charge on any atom is 0.161 e. The number of nitrogens with two attached hydrogens (primary N) is 1. The molecule has 4 rings (SSSR count). The van der Waals surface area contributed by atoms with Crippen LogP contribution >= 0.6 is 0 Å². The predicted octanol–water partition coefficient (Wildman–Crippen LogP) is 10.5. The first-order chi connectivity index (χ1) is 19.3. The zero-order chi connectivity index (χ0) is 31.4. The normalized spacial score (nSPS) is 26.1. The standard InChI is InChI=1S/C18H30O.C11H25N.C9H16O/c1-4-18(11-9-16(18)19)10-5-6-13-7-8-14-12-15(13)17(14,2)3;1-5-10(6-2)11(7-3,8-4)9-12;1-5-8(6-2)9(10)7(3)4/h7,14-16,19H,4-6,8-12H2,1-3H3;10H,5-9,12H2,1-4H3;8H,3,5-6H2,1-2,4H3. The molecule has 3 nitrogen and oxygen atoms in total. The zero-order valence-electron chi connectivity index (χ0n) is 29.2. The third-order valence-corrected chi connectivity index (χ3v) is 12.5. The molecule has 0 heterocycles. The van der Waals surface area contributed by atoms with Gasteiger partial charge < -0.3 is 10.8 Å². The van der Waals surface area contributed by atoms with Crippen LogP contribution in [0.2, 0.25) is 0 Å². The Labute approximate surface area is 256 Å². The number of hydrogen-bond donors (Lipinski definition) is 2. The lowest BCUT2D eigenvalue weighted by atomic mass is 9.48. The van der Waals surface area contributed by atoms with Gasteiger partial charge in [-0.2, -0.15) is 0 Å². The molecule has 41 heavy (non-hydrogen) atoms. The average Bonchev–Trinajstić information content (AvgIpc) is 2.98. The van der Waals surface area contributed by atoms with Gasteiger partial charge in [0.15, 0.2) is 5.78 Å². The van der Waals surface area contributed by atoms with Crippen LogP contribution in [0.15, 0.2) is 23.8 Å². The summed E-state index contributed by atoms with van der Waals surface area (Å²) in [5.41, 5.74) is 9.59. The van der Waals surface area contributed by atoms with Crippen LogP contribution in [0.4, 0.5) is 0 Å². The molecule has 0 spiro atoms. The van der Waals surface area contributed by atoms with Crippen LogP contribution in [0.25, 0.3) is 0 Å². The summed E-state index contributed by atoms with van der Waals surface area (Å²) >= 11 is 0. The number of carbonyl (C=O) groups excluding carboxylic acids is 1. The Balaban J connectivity index is 0.000000333. The highest BCUT2D eigenvalue weighted by molar-refractivity contribution is 5.95. The van der Waals surface area contributed by atoms with Crippen LogP contribution in [0.3, 0.4) is 0 Å². The Morgan fingerprint density at radius 3 is 1.93 bits per heavy atom. The van der Waals surface area contributed by atoms with Crippen molar-refractivity contribution in [3.63, 3.8) is 0 Å². The fourth-order valence-electron chi connectivity index (χ4n) is 8.41. The van der Waals surface area contributed by atoms with Gasteiger partial charge in [-0.25, -0.2) is 0 Å². The first-order valence-electron chi connectivity index (χ1n) is 17.6. The topological polar surface area (TPSA) is 63.3 Å². The Bertz CT molecular complexity index is 802. The molecule has 2 bridgehead atoms. The lowest BCUT2D eigenvalue weighted by Gasteiger charge is -2.56. The molecule has 4 atom stereocenters. The Kier molecular flexibility index (Phi) is 16.2. The van der Waals surface area contributed by atoms with Crippen molar-refractivity contribution >= 4 is 5.78 Å². The third-order valence-electron chi connectivity index (χ3n) is 12.5. The smallest absolute Gasteiger partial charge is 0.161 e. The summed E-state index contributed by atoms with van der Waals surface area (Å²) in [6.07, 6.45) is 19.4. The molecule has 0 aromatic heterocycles. The highest BCUT2D eigenvalue weighted by Gasteiger charge is 2.51. The molecule has 2 fully saturated rings. The van der Waals surface area contributed by atoms with Gasteiger partial charge in [-0.15, -0.1) is 0 Å². The van der Waals surface area contributed by atoms with Gasteiger partial charge in [-0.1, -0.05) is 93.4 Å². The second kappa shape index (κ2) is 17.4. The summed E-state index contributed by atoms with van der Waals surface area (Å²) in [5.74, 6) is 3.08. The van der Waals surface area contributed by atoms with E-state index in [0.29, 0.717) is 16.4 Å². The van der Waals surface area contributed by atoms with E-state index in [1.54, 1.807) is 12.5 Å². The third kappa shape index (κ3) is 9.04. The molecule has 2 saturated carbocycles. The highest BCUT2D eigenvalue weighted by Crippen LogP contribution is 2.60. The summed E-state index contributed by atoms with van der Waals surface area (Å²) in [6.45, 7) is 26.6. The van der Waals surface area contributed by atoms with Crippen molar-refractivity contribution in [2.45, 2.75) is 165 Å². The minimum atomic E-state index is -0.0117. The maximum absolute atomic E-state index is 11.2. The van der Waals surface area contributed by atoms with Crippen molar-refractivity contribution in [2.75, 3.05) is 6.54 Å². The number of allylic oxidation sites excluding steroid dienone is 3. The van der Waals surface area contributed by atoms with E-state index in [4.69, 9.17) is 5.73 Å². The second-order valence-corrected chi connectivity index (χ2v) is 14.4. The summed E-state index contributed by atoms with van der Waals surface area (Å²) in [5, 5.41) is 10.0. The van der Waals surface area contributed by atoms with Gasteiger partial charge in [0.25, 0.3) is 0 Å². The number of carbonyl (C=O) groups is 1. The quantitative estimate of drug-likeness (QED) is 0.151. The monoisotopic (exact) mass is 574 g/mol. The first-order valence-corrected chi connectivity index (χ1v) is 17.6. The summed E-state index contributed by atoms with van der Waals surface area (Å²) in [7, 11) is 0. The van der Waals surface area contributed by atoms with Crippen LogP contribution in [0, 0.1) is 39.9 Å². The van der Waals surface area contributed by atoms with Gasteiger partial charge in [0.05, 0.1) is 6.10 Å². The Morgan fingerprint density at radius 1 is 1.07 bits per heavy atom. The number of ketones is 1. The maximum atomic E-state index is 11.2. The molecule has 0 aromatic carbocycles. The van der Waals surface area contributed by atoms with Crippen molar-refractivity contribution in [1.29, 1.82) is 0 Å². The van der Waals surface area contributed by atoms with Gasteiger partial charge in [0, 0.05) is 5.92 Å². The van der Waals surface area contributed by atoms with Crippen molar-refractivity contribution in [3.8, 4) is 0 Å². The van der Waals surface area contributed by atoms with Crippen LogP contribution in [-0.4, -0.2) is 23.5 Å². The fraction of sp³-hybridized carbons (Fsp3) is 0.868. The molecule has 0 saturated heterocycles. The molecule has 4 aliphatic rings. The lowest BCUT2D eigenvalue weighted by Crippen LogP contribution is -2.48. The Hall–Kier alpha value is -0.930.